The first kappa shape index (κ1) is 18.9. The molecule has 0 amide bonds. The van der Waals surface area contributed by atoms with Crippen molar-refractivity contribution in [1.29, 1.82) is 0 Å². The molecule has 0 saturated carbocycles. The molecule has 5 nitrogen and oxygen atoms in total. The molecule has 0 aliphatic carbocycles. The summed E-state index contributed by atoms with van der Waals surface area (Å²) in [6, 6.07) is 17.2. The fourth-order valence-corrected chi connectivity index (χ4v) is 4.09. The molecule has 2 aromatic carbocycles. The van der Waals surface area contributed by atoms with E-state index in [2.05, 4.69) is 48.2 Å². The van der Waals surface area contributed by atoms with Gasteiger partial charge in [-0.25, -0.2) is 4.68 Å². The Morgan fingerprint density at radius 2 is 1.82 bits per heavy atom. The van der Waals surface area contributed by atoms with Crippen LogP contribution in [0.2, 0.25) is 0 Å². The average molecular weight is 395 g/mol. The number of rotatable bonds is 5. The van der Waals surface area contributed by atoms with Crippen LogP contribution < -0.4 is 4.74 Å². The molecular formula is C22H26N4OS. The van der Waals surface area contributed by atoms with Gasteiger partial charge in [0, 0.05) is 25.2 Å². The summed E-state index contributed by atoms with van der Waals surface area (Å²) < 4.78 is 9.99. The Balaban J connectivity index is 1.58. The van der Waals surface area contributed by atoms with E-state index in [0.717, 1.165) is 34.9 Å². The number of benzene rings is 2. The molecule has 146 valence electrons. The van der Waals surface area contributed by atoms with Crippen LogP contribution in [0.5, 0.6) is 5.75 Å². The topological polar surface area (TPSA) is 35.2 Å². The third kappa shape index (κ3) is 3.62. The second-order valence-corrected chi connectivity index (χ2v) is 7.78. The van der Waals surface area contributed by atoms with E-state index in [1.54, 1.807) is 7.11 Å². The normalized spacial score (nSPS) is 17.2. The standard InChI is InChI=1S/C22H26N4OS/c1-16-6-8-18(9-7-16)21-23-26(22(28)24(21)2)15-25-14-4-5-20(25)17-10-12-19(27-3)13-11-17/h6-13,20H,4-5,14-15H2,1-3H3. The number of ether oxygens (including phenoxy) is 1. The molecule has 28 heavy (non-hydrogen) atoms. The Morgan fingerprint density at radius 3 is 2.50 bits per heavy atom. The Hall–Kier alpha value is -2.44. The van der Waals surface area contributed by atoms with Gasteiger partial charge in [0.15, 0.2) is 10.6 Å². The van der Waals surface area contributed by atoms with Crippen LogP contribution in [0.15, 0.2) is 48.5 Å². The Bertz CT molecular complexity index is 1000. The summed E-state index contributed by atoms with van der Waals surface area (Å²) in [7, 11) is 3.69. The summed E-state index contributed by atoms with van der Waals surface area (Å²) in [5, 5.41) is 4.84. The van der Waals surface area contributed by atoms with Gasteiger partial charge >= 0.3 is 0 Å². The fraction of sp³-hybridized carbons (Fsp3) is 0.364. The molecule has 0 bridgehead atoms. The first-order valence-corrected chi connectivity index (χ1v) is 10.1. The fourth-order valence-electron chi connectivity index (χ4n) is 3.91. The zero-order valence-electron chi connectivity index (χ0n) is 16.6. The molecule has 3 aromatic rings. The minimum atomic E-state index is 0.387. The summed E-state index contributed by atoms with van der Waals surface area (Å²) in [6.45, 7) is 3.84. The van der Waals surface area contributed by atoms with Crippen LogP contribution >= 0.6 is 12.2 Å². The maximum Gasteiger partial charge on any atom is 0.199 e. The van der Waals surface area contributed by atoms with E-state index in [9.17, 15) is 0 Å². The van der Waals surface area contributed by atoms with Gasteiger partial charge in [-0.05, 0) is 49.7 Å². The van der Waals surface area contributed by atoms with Crippen molar-refractivity contribution < 1.29 is 4.74 Å². The molecule has 4 rings (SSSR count). The van der Waals surface area contributed by atoms with E-state index in [1.165, 1.54) is 17.5 Å². The zero-order chi connectivity index (χ0) is 19.7. The Morgan fingerprint density at radius 1 is 1.11 bits per heavy atom. The van der Waals surface area contributed by atoms with Gasteiger partial charge in [0.1, 0.15) is 5.75 Å². The molecule has 1 aliphatic heterocycles. The van der Waals surface area contributed by atoms with Crippen LogP contribution in [0, 0.1) is 11.7 Å². The van der Waals surface area contributed by atoms with Crippen LogP contribution in [0.25, 0.3) is 11.4 Å². The summed E-state index contributed by atoms with van der Waals surface area (Å²) in [5.74, 6) is 1.80. The van der Waals surface area contributed by atoms with Gasteiger partial charge in [0.2, 0.25) is 0 Å². The van der Waals surface area contributed by atoms with Crippen molar-refractivity contribution >= 4 is 12.2 Å². The van der Waals surface area contributed by atoms with Crippen molar-refractivity contribution in [3.63, 3.8) is 0 Å². The van der Waals surface area contributed by atoms with Gasteiger partial charge in [-0.15, -0.1) is 0 Å². The predicted molar refractivity (Wildman–Crippen MR) is 114 cm³/mol. The van der Waals surface area contributed by atoms with Crippen molar-refractivity contribution in [3.05, 3.63) is 64.4 Å². The number of nitrogens with zero attached hydrogens (tertiary/aromatic N) is 4. The Kier molecular flexibility index (Phi) is 5.33. The van der Waals surface area contributed by atoms with E-state index in [4.69, 9.17) is 22.1 Å². The maximum atomic E-state index is 5.68. The summed E-state index contributed by atoms with van der Waals surface area (Å²) in [6.07, 6.45) is 2.33. The van der Waals surface area contributed by atoms with E-state index in [0.29, 0.717) is 12.7 Å². The highest BCUT2D eigenvalue weighted by molar-refractivity contribution is 7.71. The summed E-state index contributed by atoms with van der Waals surface area (Å²) >= 11 is 5.68. The third-order valence-corrected chi connectivity index (χ3v) is 6.02. The molecule has 0 spiro atoms. The number of aryl methyl sites for hydroxylation is 1. The molecule has 1 atom stereocenters. The number of hydrogen-bond acceptors (Lipinski definition) is 4. The van der Waals surface area contributed by atoms with Crippen molar-refractivity contribution in [1.82, 2.24) is 19.2 Å². The largest absolute Gasteiger partial charge is 0.497 e. The number of likely N-dealkylation sites (tertiary alicyclic amines) is 1. The minimum Gasteiger partial charge on any atom is -0.497 e. The van der Waals surface area contributed by atoms with Crippen LogP contribution in [-0.2, 0) is 13.7 Å². The average Bonchev–Trinajstić information content (AvgIpc) is 3.29. The molecular weight excluding hydrogens is 368 g/mol. The molecule has 0 radical (unpaired) electrons. The smallest absolute Gasteiger partial charge is 0.199 e. The monoisotopic (exact) mass is 394 g/mol. The van der Waals surface area contributed by atoms with Crippen molar-refractivity contribution in [3.8, 4) is 17.1 Å². The Labute approximate surface area is 171 Å². The van der Waals surface area contributed by atoms with E-state index in [1.807, 2.05) is 28.4 Å². The van der Waals surface area contributed by atoms with E-state index in [-0.39, 0.29) is 0 Å². The third-order valence-electron chi connectivity index (χ3n) is 5.53. The van der Waals surface area contributed by atoms with Crippen LogP contribution in [0.1, 0.15) is 30.0 Å². The summed E-state index contributed by atoms with van der Waals surface area (Å²) in [4.78, 5) is 2.46. The molecule has 1 fully saturated rings. The lowest BCUT2D eigenvalue weighted by molar-refractivity contribution is 0.190. The van der Waals surface area contributed by atoms with Gasteiger partial charge in [-0.2, -0.15) is 5.10 Å². The second kappa shape index (κ2) is 7.89. The molecule has 6 heteroatoms. The second-order valence-electron chi connectivity index (χ2n) is 7.42. The maximum absolute atomic E-state index is 5.68. The molecule has 2 heterocycles. The molecule has 1 saturated heterocycles. The van der Waals surface area contributed by atoms with Crippen LogP contribution in [0.4, 0.5) is 0 Å². The predicted octanol–water partition coefficient (Wildman–Crippen LogP) is 4.73. The first-order chi connectivity index (χ1) is 13.6. The van der Waals surface area contributed by atoms with Gasteiger partial charge in [-0.1, -0.05) is 42.0 Å². The van der Waals surface area contributed by atoms with Crippen LogP contribution in [0.3, 0.4) is 0 Å². The van der Waals surface area contributed by atoms with Crippen molar-refractivity contribution in [2.24, 2.45) is 7.05 Å². The van der Waals surface area contributed by atoms with Gasteiger partial charge in [0.05, 0.1) is 13.8 Å². The number of methoxy groups -OCH3 is 1. The lowest BCUT2D eigenvalue weighted by Gasteiger charge is -2.24. The van der Waals surface area contributed by atoms with Gasteiger partial charge in [0.25, 0.3) is 0 Å². The van der Waals surface area contributed by atoms with Crippen molar-refractivity contribution in [2.75, 3.05) is 13.7 Å². The lowest BCUT2D eigenvalue weighted by Crippen LogP contribution is -2.27. The highest BCUT2D eigenvalue weighted by atomic mass is 32.1. The lowest BCUT2D eigenvalue weighted by atomic mass is 10.0. The molecule has 1 unspecified atom stereocenters. The SMILES string of the molecule is COc1ccc(C2CCCN2Cn2nc(-c3ccc(C)cc3)n(C)c2=S)cc1. The van der Waals surface area contributed by atoms with E-state index < -0.39 is 0 Å². The van der Waals surface area contributed by atoms with Gasteiger partial charge in [-0.3, -0.25) is 4.90 Å². The molecule has 1 aliphatic rings. The van der Waals surface area contributed by atoms with E-state index >= 15 is 0 Å². The number of hydrogen-bond donors (Lipinski definition) is 0. The highest BCUT2D eigenvalue weighted by Gasteiger charge is 2.27. The first-order valence-electron chi connectivity index (χ1n) is 9.65. The minimum absolute atomic E-state index is 0.387. The van der Waals surface area contributed by atoms with Crippen LogP contribution in [-0.4, -0.2) is 32.9 Å². The van der Waals surface area contributed by atoms with Crippen molar-refractivity contribution in [2.45, 2.75) is 32.5 Å². The summed E-state index contributed by atoms with van der Waals surface area (Å²) in [5.41, 5.74) is 3.65. The van der Waals surface area contributed by atoms with Gasteiger partial charge < -0.3 is 9.30 Å². The quantitative estimate of drug-likeness (QED) is 0.586. The number of aromatic nitrogens is 3. The highest BCUT2D eigenvalue weighted by Crippen LogP contribution is 2.33. The zero-order valence-corrected chi connectivity index (χ0v) is 17.4. The molecule has 0 N–H and O–H groups in total. The molecule has 1 aromatic heterocycles.